The summed E-state index contributed by atoms with van der Waals surface area (Å²) in [4.78, 5) is 13.5. The van der Waals surface area contributed by atoms with E-state index >= 15 is 0 Å². The summed E-state index contributed by atoms with van der Waals surface area (Å²) < 4.78 is 6.18. The molecule has 0 amide bonds. The fraction of sp³-hybridized carbons (Fsp3) is 0.560. The van der Waals surface area contributed by atoms with Crippen LogP contribution in [-0.4, -0.2) is 52.1 Å². The van der Waals surface area contributed by atoms with Gasteiger partial charge in [-0.15, -0.1) is 11.8 Å². The number of nitrogens with one attached hydrogen (secondary N) is 2. The molecule has 2 heterocycles. The van der Waals surface area contributed by atoms with Crippen molar-refractivity contribution in [3.63, 3.8) is 0 Å². The molecule has 33 heavy (non-hydrogen) atoms. The van der Waals surface area contributed by atoms with Crippen LogP contribution in [0.3, 0.4) is 0 Å². The van der Waals surface area contributed by atoms with Gasteiger partial charge in [-0.3, -0.25) is 4.79 Å². The number of rotatable bonds is 14. The van der Waals surface area contributed by atoms with Crippen LogP contribution in [0.15, 0.2) is 47.4 Å². The van der Waals surface area contributed by atoms with Gasteiger partial charge in [-0.05, 0) is 50.2 Å². The Morgan fingerprint density at radius 3 is 2.58 bits per heavy atom. The molecule has 3 rings (SSSR count). The van der Waals surface area contributed by atoms with Gasteiger partial charge in [-0.2, -0.15) is 0 Å². The Morgan fingerprint density at radius 2 is 1.82 bits per heavy atom. The van der Waals surface area contributed by atoms with Gasteiger partial charge >= 0.3 is 5.97 Å². The smallest absolute Gasteiger partial charge is 0.303 e. The summed E-state index contributed by atoms with van der Waals surface area (Å²) in [6, 6.07) is 10.3. The monoisotopic (exact) mass is 506 g/mol. The van der Waals surface area contributed by atoms with Crippen LogP contribution < -0.4 is 10.6 Å². The van der Waals surface area contributed by atoms with Crippen molar-refractivity contribution in [3.8, 4) is 0 Å². The topological polar surface area (TPSA) is 70.6 Å². The van der Waals surface area contributed by atoms with Crippen LogP contribution in [0.2, 0.25) is 0 Å². The normalized spacial score (nSPS) is 23.6. The molecule has 1 aromatic carbocycles. The quantitative estimate of drug-likeness (QED) is 0.141. The van der Waals surface area contributed by atoms with Gasteiger partial charge in [-0.25, -0.2) is 0 Å². The second-order valence-electron chi connectivity index (χ2n) is 8.60. The van der Waals surface area contributed by atoms with Crippen molar-refractivity contribution in [2.24, 2.45) is 11.8 Å². The first-order valence-electron chi connectivity index (χ1n) is 11.8. The molecule has 5 nitrogen and oxygen atoms in total. The van der Waals surface area contributed by atoms with E-state index in [0.29, 0.717) is 37.0 Å². The number of hydrogen-bond acceptors (Lipinski definition) is 5. The highest BCUT2D eigenvalue weighted by molar-refractivity contribution is 7.99. The lowest BCUT2D eigenvalue weighted by Crippen LogP contribution is -2.41. The summed E-state index contributed by atoms with van der Waals surface area (Å²) in [5, 5.41) is 15.4. The fourth-order valence-electron chi connectivity index (χ4n) is 4.56. The number of hydrogen-bond donors (Lipinski definition) is 3. The minimum atomic E-state index is -0.728. The number of ether oxygens (including phenoxy) is 1. The molecular formula is C25H34N2O3S3. The highest BCUT2D eigenvalue weighted by Gasteiger charge is 2.47. The summed E-state index contributed by atoms with van der Waals surface area (Å²) in [5.74, 6) is 1.18. The SMILES string of the molecule is O=C(O)CCC/C=C\C[C@H]1[C@@H](CNC(=S)CNC(=S)CCSc2ccccc2)[C@H]2CC[C@@H]1O2. The zero-order valence-electron chi connectivity index (χ0n) is 18.9. The van der Waals surface area contributed by atoms with E-state index in [1.165, 1.54) is 4.90 Å². The molecule has 2 bridgehead atoms. The van der Waals surface area contributed by atoms with Crippen molar-refractivity contribution in [3.05, 3.63) is 42.5 Å². The molecule has 0 spiro atoms. The van der Waals surface area contributed by atoms with E-state index in [0.717, 1.165) is 54.4 Å². The van der Waals surface area contributed by atoms with Gasteiger partial charge in [0, 0.05) is 36.0 Å². The summed E-state index contributed by atoms with van der Waals surface area (Å²) in [6.45, 7) is 1.40. The molecule has 0 aromatic heterocycles. The maximum atomic E-state index is 10.6. The van der Waals surface area contributed by atoms with Crippen molar-refractivity contribution >= 4 is 52.1 Å². The zero-order valence-corrected chi connectivity index (χ0v) is 21.4. The minimum Gasteiger partial charge on any atom is -0.481 e. The number of benzene rings is 1. The van der Waals surface area contributed by atoms with Crippen LogP contribution in [0.1, 0.15) is 44.9 Å². The van der Waals surface area contributed by atoms with Crippen LogP contribution in [0.5, 0.6) is 0 Å². The maximum absolute atomic E-state index is 10.6. The summed E-state index contributed by atoms with van der Waals surface area (Å²) in [5.41, 5.74) is 0. The number of allylic oxidation sites excluding steroid dienone is 2. The largest absolute Gasteiger partial charge is 0.481 e. The predicted molar refractivity (Wildman–Crippen MR) is 143 cm³/mol. The van der Waals surface area contributed by atoms with Gasteiger partial charge < -0.3 is 20.5 Å². The maximum Gasteiger partial charge on any atom is 0.303 e. The summed E-state index contributed by atoms with van der Waals surface area (Å²) in [7, 11) is 0. The van der Waals surface area contributed by atoms with Gasteiger partial charge in [0.2, 0.25) is 0 Å². The molecule has 4 atom stereocenters. The van der Waals surface area contributed by atoms with E-state index < -0.39 is 5.97 Å². The highest BCUT2D eigenvalue weighted by atomic mass is 32.2. The van der Waals surface area contributed by atoms with E-state index in [4.69, 9.17) is 34.3 Å². The third-order valence-corrected chi connectivity index (χ3v) is 7.90. The second-order valence-corrected chi connectivity index (χ2v) is 10.8. The lowest BCUT2D eigenvalue weighted by atomic mass is 9.77. The van der Waals surface area contributed by atoms with Crippen LogP contribution >= 0.6 is 36.2 Å². The van der Waals surface area contributed by atoms with E-state index in [-0.39, 0.29) is 6.42 Å². The van der Waals surface area contributed by atoms with Gasteiger partial charge in [0.15, 0.2) is 0 Å². The number of unbranched alkanes of at least 4 members (excludes halogenated alkanes) is 1. The van der Waals surface area contributed by atoms with Crippen molar-refractivity contribution in [1.82, 2.24) is 10.6 Å². The lowest BCUT2D eigenvalue weighted by molar-refractivity contribution is -0.137. The Balaban J connectivity index is 1.32. The number of aliphatic carboxylic acids is 1. The molecule has 0 saturated carbocycles. The number of carboxylic acid groups (broad SMARTS) is 1. The molecule has 0 radical (unpaired) electrons. The number of thioether (sulfide) groups is 1. The molecule has 2 saturated heterocycles. The molecule has 8 heteroatoms. The Hall–Kier alpha value is -1.48. The van der Waals surface area contributed by atoms with Gasteiger partial charge in [0.1, 0.15) is 0 Å². The summed E-state index contributed by atoms with van der Waals surface area (Å²) in [6.07, 6.45) is 10.8. The number of fused-ring (bicyclic) bond motifs is 2. The Morgan fingerprint density at radius 1 is 1.06 bits per heavy atom. The minimum absolute atomic E-state index is 0.231. The van der Waals surface area contributed by atoms with Crippen molar-refractivity contribution in [1.29, 1.82) is 0 Å². The van der Waals surface area contributed by atoms with Crippen molar-refractivity contribution in [2.75, 3.05) is 18.8 Å². The molecule has 2 aliphatic rings. The van der Waals surface area contributed by atoms with Gasteiger partial charge in [0.25, 0.3) is 0 Å². The van der Waals surface area contributed by atoms with Crippen LogP contribution in [-0.2, 0) is 9.53 Å². The lowest BCUT2D eigenvalue weighted by Gasteiger charge is -2.28. The molecule has 180 valence electrons. The summed E-state index contributed by atoms with van der Waals surface area (Å²) >= 11 is 12.8. The van der Waals surface area contributed by atoms with Crippen molar-refractivity contribution in [2.45, 2.75) is 62.0 Å². The molecule has 2 fully saturated rings. The first-order valence-corrected chi connectivity index (χ1v) is 13.6. The highest BCUT2D eigenvalue weighted by Crippen LogP contribution is 2.44. The number of carbonyl (C=O) groups is 1. The molecule has 3 N–H and O–H groups in total. The Bertz CT molecular complexity index is 818. The first kappa shape index (κ1) is 26.1. The van der Waals surface area contributed by atoms with E-state index in [2.05, 4.69) is 34.9 Å². The van der Waals surface area contributed by atoms with E-state index in [1.54, 1.807) is 0 Å². The Kier molecular flexibility index (Phi) is 11.1. The molecule has 0 aliphatic carbocycles. The molecule has 0 unspecified atom stereocenters. The standard InChI is InChI=1S/C25H34N2O3S3/c28-25(29)11-7-2-1-6-10-19-20(22-13-12-21(19)30-22)16-26-24(32)17-27-23(31)14-15-33-18-8-4-3-5-9-18/h1,3-6,8-9,19-22H,2,7,10-17H2,(H,26,32)(H,27,31)(H,28,29)/b6-1-/t19-,20+,21-,22+/m0/s1. The average molecular weight is 507 g/mol. The average Bonchev–Trinajstić information content (AvgIpc) is 3.41. The van der Waals surface area contributed by atoms with Crippen LogP contribution in [0.4, 0.5) is 0 Å². The fourth-order valence-corrected chi connectivity index (χ4v) is 5.91. The van der Waals surface area contributed by atoms with E-state index in [1.807, 2.05) is 30.0 Å². The third kappa shape index (κ3) is 9.00. The molecule has 2 aliphatic heterocycles. The zero-order chi connectivity index (χ0) is 23.5. The Labute approximate surface area is 212 Å². The molecular weight excluding hydrogens is 472 g/mol. The number of thiocarbonyl (C=S) groups is 2. The van der Waals surface area contributed by atoms with Gasteiger partial charge in [0.05, 0.1) is 28.7 Å². The third-order valence-electron chi connectivity index (χ3n) is 6.25. The number of carboxylic acids is 1. The van der Waals surface area contributed by atoms with Crippen LogP contribution in [0, 0.1) is 11.8 Å². The van der Waals surface area contributed by atoms with E-state index in [9.17, 15) is 4.79 Å². The first-order chi connectivity index (χ1) is 16.0. The predicted octanol–water partition coefficient (Wildman–Crippen LogP) is 5.00. The van der Waals surface area contributed by atoms with Gasteiger partial charge in [-0.1, -0.05) is 54.8 Å². The van der Waals surface area contributed by atoms with Crippen molar-refractivity contribution < 1.29 is 14.6 Å². The molecule has 1 aromatic rings. The second kappa shape index (κ2) is 14.0. The van der Waals surface area contributed by atoms with Crippen LogP contribution in [0.25, 0.3) is 0 Å².